The lowest BCUT2D eigenvalue weighted by atomic mass is 9.72. The molecule has 18 unspecified atom stereocenters. The van der Waals surface area contributed by atoms with Crippen molar-refractivity contribution in [1.82, 2.24) is 9.88 Å². The van der Waals surface area contributed by atoms with E-state index in [1.807, 2.05) is 39.8 Å². The number of aryl methyl sites for hydroxylation is 1. The molecule has 4 heterocycles. The van der Waals surface area contributed by atoms with E-state index >= 15 is 0 Å². The molecule has 1 amide bonds. The highest BCUT2D eigenvalue weighted by Gasteiger charge is 2.58. The minimum absolute atomic E-state index is 0.0812. The van der Waals surface area contributed by atoms with Gasteiger partial charge < -0.3 is 83.5 Å². The lowest BCUT2D eigenvalue weighted by Gasteiger charge is -2.53. The summed E-state index contributed by atoms with van der Waals surface area (Å²) in [5, 5.41) is 80.1. The number of nitrogens with one attached hydrogen (secondary N) is 1. The Morgan fingerprint density at radius 1 is 0.872 bits per heavy atom. The summed E-state index contributed by atoms with van der Waals surface area (Å²) in [5.74, 6) is -5.15. The number of aliphatic hydroxyl groups is 6. The average molecular weight is 1100 g/mol. The van der Waals surface area contributed by atoms with Crippen LogP contribution in [0, 0.1) is 17.3 Å². The van der Waals surface area contributed by atoms with E-state index in [0.29, 0.717) is 0 Å². The van der Waals surface area contributed by atoms with Crippen molar-refractivity contribution in [2.45, 2.75) is 173 Å². The Hall–Kier alpha value is -4.75. The van der Waals surface area contributed by atoms with Gasteiger partial charge in [0.05, 0.1) is 48.6 Å². The van der Waals surface area contributed by atoms with Gasteiger partial charge in [0.1, 0.15) is 47.9 Å². The summed E-state index contributed by atoms with van der Waals surface area (Å²) < 4.78 is 49.6. The second kappa shape index (κ2) is 30.2. The maximum atomic E-state index is 14.0. The van der Waals surface area contributed by atoms with Gasteiger partial charge >= 0.3 is 0 Å². The van der Waals surface area contributed by atoms with Crippen LogP contribution in [0.15, 0.2) is 113 Å². The molecule has 1 aromatic heterocycles. The predicted molar refractivity (Wildman–Crippen MR) is 291 cm³/mol. The third-order valence-electron chi connectivity index (χ3n) is 14.8. The Balaban J connectivity index is 1.39. The largest absolute Gasteiger partial charge is 0.507 e. The van der Waals surface area contributed by atoms with E-state index in [4.69, 9.17) is 37.9 Å². The standard InChI is InChI=1S/C58H86N2O18/c1-14-16-20-28-41-57(8,9)42(76-55-48(67)51(72-12)50(37(7)75-55)77-56-52(73-13)47(66)46(65)36(6)74-56)32-58(70,78-41)38(15-2)53(68)59-30-24-23-26-34(4)49(71-11)35(5)45(64)40(62)27-22-19-17-18-21-25-33(3)44(63)43-39(61)29-31-60(10)54(43)69/h14,16-29,31,35-38,40-42,45-52,55-56,61-62,64-67,70H,15,30,32H2,1-13H3,(H,59,68). The van der Waals surface area contributed by atoms with Gasteiger partial charge in [0, 0.05) is 58.9 Å². The summed E-state index contributed by atoms with van der Waals surface area (Å²) in [6.45, 7) is 15.9. The molecule has 0 bridgehead atoms. The zero-order valence-corrected chi connectivity index (χ0v) is 47.2. The molecule has 1 aromatic rings. The molecule has 436 valence electrons. The van der Waals surface area contributed by atoms with E-state index < -0.39 is 138 Å². The van der Waals surface area contributed by atoms with Crippen LogP contribution in [0.1, 0.15) is 85.5 Å². The molecule has 3 aliphatic heterocycles. The lowest BCUT2D eigenvalue weighted by Crippen LogP contribution is -2.65. The number of aromatic nitrogens is 1. The van der Waals surface area contributed by atoms with Crippen LogP contribution in [0.4, 0.5) is 0 Å². The van der Waals surface area contributed by atoms with Crippen LogP contribution in [-0.2, 0) is 49.7 Å². The molecule has 20 heteroatoms. The maximum Gasteiger partial charge on any atom is 0.265 e. The van der Waals surface area contributed by atoms with Crippen molar-refractivity contribution < 1.29 is 83.2 Å². The second-order valence-electron chi connectivity index (χ2n) is 20.7. The molecule has 3 saturated heterocycles. The van der Waals surface area contributed by atoms with E-state index in [9.17, 15) is 50.1 Å². The predicted octanol–water partition coefficient (Wildman–Crippen LogP) is 3.92. The number of ketones is 1. The van der Waals surface area contributed by atoms with Gasteiger partial charge in [-0.15, -0.1) is 0 Å². The van der Waals surface area contributed by atoms with Gasteiger partial charge in [-0.25, -0.2) is 0 Å². The summed E-state index contributed by atoms with van der Waals surface area (Å²) in [5.41, 5.74) is -0.793. The second-order valence-corrected chi connectivity index (χ2v) is 20.7. The molecule has 3 fully saturated rings. The number of aromatic hydroxyl groups is 1. The molecule has 0 saturated carbocycles. The topological polar surface area (TPSA) is 284 Å². The Bertz CT molecular complexity index is 2420. The van der Waals surface area contributed by atoms with E-state index in [0.717, 1.165) is 5.57 Å². The summed E-state index contributed by atoms with van der Waals surface area (Å²) in [7, 11) is 5.73. The third kappa shape index (κ3) is 16.2. The Morgan fingerprint density at radius 3 is 2.17 bits per heavy atom. The average Bonchev–Trinajstić information content (AvgIpc) is 3.47. The SMILES string of the molecule is CC=CC=CC1OC(O)(C(CC)C(=O)NCC=CC=C(C)C(OC)C(C)C(O)C(O)C=CC=CC=CC=C(C)C(=O)c2c(O)ccn(C)c2=O)CC(OC2OC(C)C(OC3OC(C)C(O)C(O)C3OC)C(OC)C2O)C1(C)C. The lowest BCUT2D eigenvalue weighted by molar-refractivity contribution is -0.377. The maximum absolute atomic E-state index is 14.0. The number of ether oxygens (including phenoxy) is 8. The number of Topliss-reactive ketones (excluding diaryl/α,β-unsaturated/α-hetero) is 1. The normalized spacial score (nSPS) is 32.4. The first-order valence-electron chi connectivity index (χ1n) is 26.4. The number of allylic oxidation sites excluding steroid dienone is 12. The Morgan fingerprint density at radius 2 is 1.53 bits per heavy atom. The van der Waals surface area contributed by atoms with Crippen LogP contribution in [-0.4, -0.2) is 178 Å². The van der Waals surface area contributed by atoms with Crippen LogP contribution in [0.25, 0.3) is 0 Å². The fraction of sp³-hybridized carbons (Fsp3) is 0.603. The van der Waals surface area contributed by atoms with E-state index in [-0.39, 0.29) is 30.5 Å². The fourth-order valence-electron chi connectivity index (χ4n) is 9.85. The summed E-state index contributed by atoms with van der Waals surface area (Å²) in [4.78, 5) is 39.1. The minimum atomic E-state index is -2.05. The van der Waals surface area contributed by atoms with E-state index in [2.05, 4.69) is 5.32 Å². The third-order valence-corrected chi connectivity index (χ3v) is 14.8. The van der Waals surface area contributed by atoms with Gasteiger partial charge in [-0.1, -0.05) is 113 Å². The first-order chi connectivity index (χ1) is 36.8. The number of hydrogen-bond acceptors (Lipinski definition) is 18. The molecule has 78 heavy (non-hydrogen) atoms. The van der Waals surface area contributed by atoms with Crippen LogP contribution < -0.4 is 10.9 Å². The molecule has 0 aliphatic carbocycles. The van der Waals surface area contributed by atoms with Crippen molar-refractivity contribution in [3.05, 3.63) is 124 Å². The number of hydrogen-bond donors (Lipinski definition) is 8. The van der Waals surface area contributed by atoms with Crippen molar-refractivity contribution in [2.75, 3.05) is 27.9 Å². The fourth-order valence-corrected chi connectivity index (χ4v) is 9.85. The summed E-state index contributed by atoms with van der Waals surface area (Å²) in [6, 6.07) is 1.28. The molecule has 18 atom stereocenters. The van der Waals surface area contributed by atoms with Gasteiger partial charge in [0.25, 0.3) is 5.56 Å². The summed E-state index contributed by atoms with van der Waals surface area (Å²) in [6.07, 6.45) is 9.05. The zero-order valence-electron chi connectivity index (χ0n) is 47.2. The highest BCUT2D eigenvalue weighted by Crippen LogP contribution is 2.47. The van der Waals surface area contributed by atoms with Gasteiger partial charge in [-0.2, -0.15) is 0 Å². The van der Waals surface area contributed by atoms with Crippen molar-refractivity contribution in [3.63, 3.8) is 0 Å². The highest BCUT2D eigenvalue weighted by molar-refractivity contribution is 6.09. The Labute approximate surface area is 458 Å². The van der Waals surface area contributed by atoms with Crippen LogP contribution in [0.2, 0.25) is 0 Å². The molecule has 20 nitrogen and oxygen atoms in total. The first-order valence-corrected chi connectivity index (χ1v) is 26.4. The van der Waals surface area contributed by atoms with Gasteiger partial charge in [-0.3, -0.25) is 14.4 Å². The van der Waals surface area contributed by atoms with Crippen molar-refractivity contribution in [2.24, 2.45) is 24.3 Å². The number of carbonyl (C=O) groups is 2. The molecule has 0 radical (unpaired) electrons. The quantitative estimate of drug-likeness (QED) is 0.0391. The van der Waals surface area contributed by atoms with Crippen LogP contribution in [0.5, 0.6) is 5.75 Å². The van der Waals surface area contributed by atoms with Gasteiger partial charge in [0.15, 0.2) is 24.2 Å². The van der Waals surface area contributed by atoms with E-state index in [1.165, 1.54) is 64.3 Å². The number of nitrogens with zero attached hydrogens (tertiary/aromatic N) is 1. The van der Waals surface area contributed by atoms with Crippen molar-refractivity contribution in [3.8, 4) is 5.75 Å². The smallest absolute Gasteiger partial charge is 0.265 e. The zero-order chi connectivity index (χ0) is 58.2. The number of pyridine rings is 1. The molecule has 0 spiro atoms. The molecule has 8 N–H and O–H groups in total. The minimum Gasteiger partial charge on any atom is -0.507 e. The van der Waals surface area contributed by atoms with Crippen molar-refractivity contribution in [1.29, 1.82) is 0 Å². The monoisotopic (exact) mass is 1100 g/mol. The number of methoxy groups -OCH3 is 3. The molecule has 3 aliphatic rings. The Kier molecular flexibility index (Phi) is 25.4. The number of amides is 1. The van der Waals surface area contributed by atoms with Gasteiger partial charge in [-0.05, 0) is 58.3 Å². The number of rotatable bonds is 25. The van der Waals surface area contributed by atoms with Crippen LogP contribution >= 0.6 is 0 Å². The molecular formula is C58H86N2O18. The van der Waals surface area contributed by atoms with E-state index in [1.54, 1.807) is 88.5 Å². The number of carbonyl (C=O) groups excluding carboxylic acids is 2. The number of aliphatic hydroxyl groups excluding tert-OH is 5. The first kappa shape index (κ1) is 65.8. The molecule has 0 aromatic carbocycles. The molecular weight excluding hydrogens is 1010 g/mol. The summed E-state index contributed by atoms with van der Waals surface area (Å²) >= 11 is 0. The van der Waals surface area contributed by atoms with Crippen molar-refractivity contribution >= 4 is 11.7 Å². The molecule has 4 rings (SSSR count). The highest BCUT2D eigenvalue weighted by atomic mass is 16.8. The van der Waals surface area contributed by atoms with Crippen LogP contribution in [0.3, 0.4) is 0 Å². The van der Waals surface area contributed by atoms with Gasteiger partial charge in [0.2, 0.25) is 5.91 Å².